The first-order valence-corrected chi connectivity index (χ1v) is 24.2. The van der Waals surface area contributed by atoms with Gasteiger partial charge in [-0.3, -0.25) is 28.8 Å². The van der Waals surface area contributed by atoms with Crippen LogP contribution in [0.3, 0.4) is 0 Å². The van der Waals surface area contributed by atoms with Crippen LogP contribution < -0.4 is 16.8 Å². The summed E-state index contributed by atoms with van der Waals surface area (Å²) in [7, 11) is 3.39. The van der Waals surface area contributed by atoms with Crippen molar-refractivity contribution in [2.75, 3.05) is 27.2 Å². The molecule has 10 unspecified atom stereocenters. The number of alkyl halides is 1. The number of hydrogen-bond donors (Lipinski definition) is 4. The molecule has 0 aliphatic carbocycles. The number of Topliss-reactive ketones (excluding diaryl/α,β-unsaturated/α-hetero) is 1. The third-order valence-electron chi connectivity index (χ3n) is 12.2. The topological polar surface area (TPSA) is 214 Å². The Morgan fingerprint density at radius 1 is 0.714 bits per heavy atom. The van der Waals surface area contributed by atoms with Crippen LogP contribution in [0, 0.1) is 35.5 Å². The van der Waals surface area contributed by atoms with Gasteiger partial charge in [0.1, 0.15) is 5.78 Å². The van der Waals surface area contributed by atoms with E-state index in [0.29, 0.717) is 37.1 Å². The Morgan fingerprint density at radius 3 is 1.49 bits per heavy atom. The number of carboxylic acids is 1. The molecule has 2 aromatic carbocycles. The molecule has 0 saturated carbocycles. The Hall–Kier alpha value is -4.01. The number of nitrogens with one attached hydrogen (secondary N) is 1. The number of carboxylic acid groups (broad SMARTS) is 1. The predicted octanol–water partition coefficient (Wildman–Crippen LogP) is 12.1. The molecule has 0 radical (unpaired) electrons. The number of ketones is 1. The number of unbranched alkanes of at least 4 members (excludes halogenated alkanes) is 1. The van der Waals surface area contributed by atoms with Crippen LogP contribution in [0.1, 0.15) is 186 Å². The summed E-state index contributed by atoms with van der Waals surface area (Å²) in [6.07, 6.45) is 7.24. The highest BCUT2D eigenvalue weighted by atomic mass is 35.5. The van der Waals surface area contributed by atoms with E-state index in [1.807, 2.05) is 51.2 Å². The van der Waals surface area contributed by atoms with Crippen LogP contribution in [0.25, 0.3) is 0 Å². The first-order valence-electron chi connectivity index (χ1n) is 23.7. The maximum atomic E-state index is 11.5. The molecule has 70 heavy (non-hydrogen) atoms. The minimum absolute atomic E-state index is 0. The van der Waals surface area contributed by atoms with Gasteiger partial charge in [-0.15, -0.1) is 11.6 Å². The molecule has 2 aromatic rings. The molecular weight excluding hydrogens is 910 g/mol. The second-order valence-electron chi connectivity index (χ2n) is 17.4. The number of likely N-dealkylation sites (N-methyl/N-ethyl adjacent to an activating group) is 1. The second-order valence-corrected chi connectivity index (χ2v) is 17.7. The van der Waals surface area contributed by atoms with Gasteiger partial charge in [0.25, 0.3) is 0 Å². The fraction of sp³-hybridized carbons (Fsp3) is 0.679. The highest BCUT2D eigenvalue weighted by Crippen LogP contribution is 2.33. The molecule has 14 heteroatoms. The number of aliphatic carboxylic acids is 1. The van der Waals surface area contributed by atoms with E-state index < -0.39 is 17.9 Å². The van der Waals surface area contributed by atoms with Crippen molar-refractivity contribution < 1.29 is 48.1 Å². The van der Waals surface area contributed by atoms with Crippen LogP contribution in [0.5, 0.6) is 0 Å². The lowest BCUT2D eigenvalue weighted by atomic mass is 9.85. The molecule has 2 heterocycles. The summed E-state index contributed by atoms with van der Waals surface area (Å²) < 4.78 is 14.2. The van der Waals surface area contributed by atoms with Crippen LogP contribution >= 0.6 is 11.6 Å². The SMILES string of the molecule is C.C.C.C.CC(CC1C(=O)OC(=O)C1C)c1ccccc1.CCC(C)C(=O)O.CCC(C)CN.CCC(C)c1ccc(CCl)cc1.CNC(CCCCN)C(C)=O.COC(C)CC1C(=O)OC(=O)C1C. The maximum absolute atomic E-state index is 11.5. The minimum atomic E-state index is -0.706. The van der Waals surface area contributed by atoms with Crippen LogP contribution in [0.2, 0.25) is 0 Å². The van der Waals surface area contributed by atoms with Gasteiger partial charge in [0.15, 0.2) is 0 Å². The van der Waals surface area contributed by atoms with Crippen molar-refractivity contribution in [3.63, 3.8) is 0 Å². The van der Waals surface area contributed by atoms with Gasteiger partial charge in [-0.25, -0.2) is 0 Å². The smallest absolute Gasteiger partial charge is 0.317 e. The van der Waals surface area contributed by atoms with Crippen molar-refractivity contribution >= 4 is 47.2 Å². The second kappa shape index (κ2) is 44.9. The van der Waals surface area contributed by atoms with E-state index >= 15 is 0 Å². The lowest BCUT2D eigenvalue weighted by molar-refractivity contribution is -0.155. The standard InChI is InChI=1S/C14H16O3.C11H15Cl.C9H14O4.C8H18N2O.C5H13N.C5H10O2.4CH4/c1-9(11-6-4-3-5-7-11)8-12-10(2)13(15)17-14(12)16;1-3-9(2)11-6-4-10(8-12)5-7-11;1-5(12-3)4-7-6(2)8(10)13-9(7)11;1-7(11)8(10-2)5-3-4-6-9;1-3-5(2)4-6;1-3-4(2)5(6)7;;;;/h3-7,9-10,12H,8H2,1-2H3;4-7,9H,3,8H2,1-2H3;5-7H,4H2,1-3H3;8,10H,3-6,9H2,1-2H3;5H,3-4,6H2,1-2H3;4H,3H2,1-2H3,(H,6,7);4*1H4. The molecule has 2 aliphatic rings. The quantitative estimate of drug-likeness (QED) is 0.0447. The third kappa shape index (κ3) is 32.1. The number of rotatable bonds is 19. The summed E-state index contributed by atoms with van der Waals surface area (Å²) in [5.41, 5.74) is 14.4. The fourth-order valence-electron chi connectivity index (χ4n) is 6.18. The van der Waals surface area contributed by atoms with Crippen LogP contribution in [0.15, 0.2) is 54.6 Å². The van der Waals surface area contributed by atoms with E-state index in [1.54, 1.807) is 34.8 Å². The molecule has 0 amide bonds. The molecule has 2 aliphatic heterocycles. The number of ether oxygens (including phenoxy) is 3. The maximum Gasteiger partial charge on any atom is 0.317 e. The largest absolute Gasteiger partial charge is 0.481 e. The molecular formula is C56H102ClN3O10. The monoisotopic (exact) mass is 1010 g/mol. The lowest BCUT2D eigenvalue weighted by Gasteiger charge is -2.16. The molecule has 2 fully saturated rings. The Morgan fingerprint density at radius 2 is 1.19 bits per heavy atom. The van der Waals surface area contributed by atoms with Crippen molar-refractivity contribution in [2.24, 2.45) is 47.0 Å². The first-order chi connectivity index (χ1) is 31.1. The fourth-order valence-corrected chi connectivity index (χ4v) is 6.36. The zero-order valence-corrected chi connectivity index (χ0v) is 43.2. The molecule has 2 saturated heterocycles. The molecule has 4 rings (SSSR count). The summed E-state index contributed by atoms with van der Waals surface area (Å²) >= 11 is 5.69. The van der Waals surface area contributed by atoms with Crippen molar-refractivity contribution in [1.29, 1.82) is 0 Å². The zero-order chi connectivity index (χ0) is 50.9. The van der Waals surface area contributed by atoms with Gasteiger partial charge >= 0.3 is 29.8 Å². The number of benzene rings is 2. The summed E-state index contributed by atoms with van der Waals surface area (Å²) in [6.45, 7) is 22.9. The number of halogens is 1. The van der Waals surface area contributed by atoms with Crippen molar-refractivity contribution in [1.82, 2.24) is 5.32 Å². The lowest BCUT2D eigenvalue weighted by Crippen LogP contribution is -2.32. The highest BCUT2D eigenvalue weighted by Gasteiger charge is 2.42. The van der Waals surface area contributed by atoms with Crippen molar-refractivity contribution in [3.05, 3.63) is 71.3 Å². The van der Waals surface area contributed by atoms with E-state index in [0.717, 1.165) is 32.2 Å². The predicted molar refractivity (Wildman–Crippen MR) is 292 cm³/mol. The summed E-state index contributed by atoms with van der Waals surface area (Å²) in [6, 6.07) is 18.6. The molecule has 0 aromatic heterocycles. The number of methoxy groups -OCH3 is 1. The van der Waals surface area contributed by atoms with Crippen LogP contribution in [-0.4, -0.2) is 80.1 Å². The Bertz CT molecular complexity index is 1660. The van der Waals surface area contributed by atoms with E-state index in [9.17, 15) is 28.8 Å². The Balaban J connectivity index is -0.000000179. The number of cyclic esters (lactones) is 4. The third-order valence-corrected chi connectivity index (χ3v) is 12.5. The summed E-state index contributed by atoms with van der Waals surface area (Å²) in [5.74, 6) is -1.29. The zero-order valence-electron chi connectivity index (χ0n) is 42.4. The molecule has 13 nitrogen and oxygen atoms in total. The van der Waals surface area contributed by atoms with Gasteiger partial charge in [0.05, 0.1) is 41.7 Å². The number of hydrogen-bond acceptors (Lipinski definition) is 12. The number of carbonyl (C=O) groups excluding carboxylic acids is 5. The molecule has 0 bridgehead atoms. The van der Waals surface area contributed by atoms with Gasteiger partial charge in [-0.2, -0.15) is 0 Å². The van der Waals surface area contributed by atoms with Crippen LogP contribution in [-0.2, 0) is 48.9 Å². The average Bonchev–Trinajstić information content (AvgIpc) is 3.71. The normalized spacial score (nSPS) is 18.7. The minimum Gasteiger partial charge on any atom is -0.481 e. The number of nitrogens with two attached hydrogens (primary N) is 2. The molecule has 6 N–H and O–H groups in total. The first kappa shape index (κ1) is 77.4. The van der Waals surface area contributed by atoms with Crippen molar-refractivity contribution in [3.8, 4) is 0 Å². The molecule has 408 valence electrons. The van der Waals surface area contributed by atoms with E-state index in [-0.39, 0.29) is 95.1 Å². The van der Waals surface area contributed by atoms with Gasteiger partial charge in [-0.1, -0.05) is 159 Å². The van der Waals surface area contributed by atoms with E-state index in [4.69, 9.17) is 32.9 Å². The van der Waals surface area contributed by atoms with Gasteiger partial charge in [0.2, 0.25) is 0 Å². The summed E-state index contributed by atoms with van der Waals surface area (Å²) in [5, 5.41) is 11.2. The van der Waals surface area contributed by atoms with Gasteiger partial charge in [-0.05, 0) is 107 Å². The van der Waals surface area contributed by atoms with E-state index in [1.165, 1.54) is 29.5 Å². The molecule has 0 spiro atoms. The average molecular weight is 1010 g/mol. The number of carbonyl (C=O) groups is 6. The van der Waals surface area contributed by atoms with Crippen molar-refractivity contribution in [2.45, 2.75) is 187 Å². The molecule has 10 atom stereocenters. The Kier molecular flexibility index (Phi) is 49.7. The van der Waals surface area contributed by atoms with Gasteiger partial charge < -0.3 is 36.1 Å². The number of esters is 4. The van der Waals surface area contributed by atoms with Crippen LogP contribution in [0.4, 0.5) is 0 Å². The highest BCUT2D eigenvalue weighted by molar-refractivity contribution is 6.17. The Labute approximate surface area is 431 Å². The van der Waals surface area contributed by atoms with Gasteiger partial charge in [0, 0.05) is 13.0 Å². The summed E-state index contributed by atoms with van der Waals surface area (Å²) in [4.78, 5) is 65.7. The van der Waals surface area contributed by atoms with E-state index in [2.05, 4.69) is 73.7 Å².